The van der Waals surface area contributed by atoms with Gasteiger partial charge in [-0.3, -0.25) is 4.99 Å². The quantitative estimate of drug-likeness (QED) is 0.717. The van der Waals surface area contributed by atoms with E-state index in [4.69, 9.17) is 14.7 Å². The van der Waals surface area contributed by atoms with Crippen molar-refractivity contribution in [2.45, 2.75) is 38.0 Å². The molecule has 0 amide bonds. The molecule has 4 heterocycles. The van der Waals surface area contributed by atoms with E-state index in [1.807, 2.05) is 25.3 Å². The second-order valence-electron chi connectivity index (χ2n) is 8.04. The molecule has 0 bridgehead atoms. The van der Waals surface area contributed by atoms with Gasteiger partial charge in [-0.25, -0.2) is 18.5 Å². The average molecular weight is 443 g/mol. The van der Waals surface area contributed by atoms with Crippen LogP contribution >= 0.6 is 0 Å². The lowest BCUT2D eigenvalue weighted by molar-refractivity contribution is 0.0985. The second kappa shape index (κ2) is 8.92. The fraction of sp³-hybridized carbons (Fsp3) is 0.500. The third-order valence-corrected chi connectivity index (χ3v) is 8.94. The molecule has 3 atom stereocenters. The van der Waals surface area contributed by atoms with Crippen LogP contribution in [0.1, 0.15) is 47.8 Å². The Balaban J connectivity index is 1.89. The Labute approximate surface area is 184 Å². The van der Waals surface area contributed by atoms with Gasteiger partial charge < -0.3 is 14.6 Å². The van der Waals surface area contributed by atoms with Gasteiger partial charge in [0.2, 0.25) is 0 Å². The van der Waals surface area contributed by atoms with Gasteiger partial charge in [-0.2, -0.15) is 0 Å². The predicted octanol–water partition coefficient (Wildman–Crippen LogP) is 3.36. The lowest BCUT2D eigenvalue weighted by atomic mass is 10.1. The zero-order valence-electron chi connectivity index (χ0n) is 18.4. The van der Waals surface area contributed by atoms with E-state index < -0.39 is 9.73 Å². The van der Waals surface area contributed by atoms with E-state index in [2.05, 4.69) is 32.9 Å². The first-order valence-corrected chi connectivity index (χ1v) is 12.4. The fourth-order valence-electron chi connectivity index (χ4n) is 4.39. The summed E-state index contributed by atoms with van der Waals surface area (Å²) in [4.78, 5) is 19.3. The maximum atomic E-state index is 13.4. The number of morpholine rings is 1. The monoisotopic (exact) mass is 442 g/mol. The molecule has 2 fully saturated rings. The fourth-order valence-corrected chi connectivity index (χ4v) is 6.73. The van der Waals surface area contributed by atoms with Crippen molar-refractivity contribution in [1.82, 2.24) is 15.0 Å². The smallest absolute Gasteiger partial charge is 0.164 e. The number of ether oxygens (including phenoxy) is 1. The van der Waals surface area contributed by atoms with Gasteiger partial charge in [-0.05, 0) is 39.5 Å². The maximum absolute atomic E-state index is 13.4. The molecule has 0 saturated carbocycles. The van der Waals surface area contributed by atoms with Crippen LogP contribution in [0, 0.1) is 6.92 Å². The Kier molecular flexibility index (Phi) is 6.24. The molecular weight excluding hydrogens is 412 g/mol. The van der Waals surface area contributed by atoms with Crippen molar-refractivity contribution in [3.63, 3.8) is 0 Å². The van der Waals surface area contributed by atoms with E-state index in [9.17, 15) is 4.21 Å². The molecule has 2 saturated heterocycles. The molecule has 2 aromatic rings. The molecule has 166 valence electrons. The Morgan fingerprint density at radius 1 is 1.45 bits per heavy atom. The van der Waals surface area contributed by atoms with Crippen molar-refractivity contribution in [3.8, 4) is 0 Å². The van der Waals surface area contributed by atoms with Crippen LogP contribution in [-0.2, 0) is 14.5 Å². The van der Waals surface area contributed by atoms with E-state index in [-0.39, 0.29) is 11.3 Å². The number of hydrogen-bond donors (Lipinski definition) is 1. The standard InChI is InChI=1S/C22H30N6O2S/c1-15-14-30-10-9-28(15)21-12-19(20-6-5-11-31(20,29)24-4)26-22(27-21)18(13-23-3)17-7-8-25-16(17)2/h7-8,12-13,15,20,25H,3,5-6,9-11,14H2,1-2,4H3/b18-13+/t15-,20?,31?/m1/s1. The summed E-state index contributed by atoms with van der Waals surface area (Å²) in [7, 11) is -0.677. The maximum Gasteiger partial charge on any atom is 0.164 e. The van der Waals surface area contributed by atoms with Crippen molar-refractivity contribution in [2.24, 2.45) is 9.36 Å². The van der Waals surface area contributed by atoms with Crippen molar-refractivity contribution >= 4 is 27.8 Å². The second-order valence-corrected chi connectivity index (χ2v) is 10.8. The molecule has 9 heteroatoms. The number of nitrogens with zero attached hydrogens (tertiary/aromatic N) is 5. The number of aromatic amines is 1. The van der Waals surface area contributed by atoms with E-state index in [1.165, 1.54) is 0 Å². The molecule has 0 spiro atoms. The topological polar surface area (TPSA) is 95.8 Å². The number of aryl methyl sites for hydroxylation is 1. The van der Waals surface area contributed by atoms with Crippen LogP contribution in [0.3, 0.4) is 0 Å². The summed E-state index contributed by atoms with van der Waals surface area (Å²) >= 11 is 0. The van der Waals surface area contributed by atoms with Gasteiger partial charge in [0.1, 0.15) is 5.82 Å². The van der Waals surface area contributed by atoms with Crippen molar-refractivity contribution in [1.29, 1.82) is 0 Å². The molecule has 0 radical (unpaired) electrons. The first-order chi connectivity index (χ1) is 15.0. The highest BCUT2D eigenvalue weighted by atomic mass is 32.2. The number of rotatable bonds is 5. The minimum atomic E-state index is -2.33. The van der Waals surface area contributed by atoms with Gasteiger partial charge in [-0.15, -0.1) is 0 Å². The third-order valence-electron chi connectivity index (χ3n) is 6.09. The largest absolute Gasteiger partial charge is 0.377 e. The molecule has 2 aliphatic heterocycles. The number of anilines is 1. The Morgan fingerprint density at radius 2 is 2.29 bits per heavy atom. The predicted molar refractivity (Wildman–Crippen MR) is 125 cm³/mol. The van der Waals surface area contributed by atoms with E-state index in [1.54, 1.807) is 13.2 Å². The highest BCUT2D eigenvalue weighted by Crippen LogP contribution is 2.37. The van der Waals surface area contributed by atoms with E-state index >= 15 is 0 Å². The molecule has 31 heavy (non-hydrogen) atoms. The molecule has 2 aliphatic rings. The van der Waals surface area contributed by atoms with Crippen LogP contribution < -0.4 is 4.90 Å². The highest BCUT2D eigenvalue weighted by Gasteiger charge is 2.33. The number of aromatic nitrogens is 3. The molecule has 0 aliphatic carbocycles. The number of H-pyrrole nitrogens is 1. The van der Waals surface area contributed by atoms with Gasteiger partial charge >= 0.3 is 0 Å². The summed E-state index contributed by atoms with van der Waals surface area (Å²) in [5.74, 6) is 2.00. The molecular formula is C22H30N6O2S. The molecule has 1 N–H and O–H groups in total. The van der Waals surface area contributed by atoms with Crippen molar-refractivity contribution in [3.05, 3.63) is 47.3 Å². The van der Waals surface area contributed by atoms with Crippen LogP contribution in [0.4, 0.5) is 5.82 Å². The summed E-state index contributed by atoms with van der Waals surface area (Å²) < 4.78 is 23.3. The SMILES string of the molecule is C=N/C=C(/c1nc(C2CCCS2(=O)=NC)cc(N2CCOC[C@H]2C)n1)c1cc[nH]c1C. The normalized spacial score (nSPS) is 26.8. The average Bonchev–Trinajstić information content (AvgIpc) is 3.38. The number of aliphatic imine (C=N–C) groups is 1. The molecule has 0 aromatic carbocycles. The Hall–Kier alpha value is -2.52. The van der Waals surface area contributed by atoms with Gasteiger partial charge in [0.15, 0.2) is 5.82 Å². The molecule has 4 rings (SSSR count). The minimum absolute atomic E-state index is 0.187. The van der Waals surface area contributed by atoms with Crippen LogP contribution in [0.5, 0.6) is 0 Å². The van der Waals surface area contributed by atoms with E-state index in [0.717, 1.165) is 47.7 Å². The zero-order valence-corrected chi connectivity index (χ0v) is 19.2. The van der Waals surface area contributed by atoms with Gasteiger partial charge in [-0.1, -0.05) is 0 Å². The van der Waals surface area contributed by atoms with Gasteiger partial charge in [0.05, 0.1) is 39.9 Å². The van der Waals surface area contributed by atoms with Crippen LogP contribution in [0.2, 0.25) is 0 Å². The van der Waals surface area contributed by atoms with Crippen molar-refractivity contribution < 1.29 is 8.95 Å². The van der Waals surface area contributed by atoms with Crippen LogP contribution in [-0.4, -0.2) is 64.5 Å². The van der Waals surface area contributed by atoms with Crippen molar-refractivity contribution in [2.75, 3.05) is 37.5 Å². The number of hydrogen-bond acceptors (Lipinski definition) is 7. The van der Waals surface area contributed by atoms with E-state index in [0.29, 0.717) is 24.8 Å². The Bertz CT molecular complexity index is 1110. The first-order valence-electron chi connectivity index (χ1n) is 10.6. The van der Waals surface area contributed by atoms with Gasteiger partial charge in [0, 0.05) is 54.6 Å². The number of nitrogens with one attached hydrogen (secondary N) is 1. The summed E-state index contributed by atoms with van der Waals surface area (Å²) in [5.41, 5.74) is 3.54. The molecule has 2 aromatic heterocycles. The summed E-state index contributed by atoms with van der Waals surface area (Å²) in [6.07, 6.45) is 5.28. The zero-order chi connectivity index (χ0) is 22.0. The Morgan fingerprint density at radius 3 is 2.97 bits per heavy atom. The molecule has 8 nitrogen and oxygen atoms in total. The molecule has 2 unspecified atom stereocenters. The lowest BCUT2D eigenvalue weighted by Crippen LogP contribution is -2.44. The van der Waals surface area contributed by atoms with Crippen LogP contribution in [0.25, 0.3) is 5.57 Å². The summed E-state index contributed by atoms with van der Waals surface area (Å²) in [5, 5.41) is -0.195. The van der Waals surface area contributed by atoms with Crippen LogP contribution in [0.15, 0.2) is 33.9 Å². The minimum Gasteiger partial charge on any atom is -0.377 e. The van der Waals surface area contributed by atoms with Gasteiger partial charge in [0.25, 0.3) is 0 Å². The lowest BCUT2D eigenvalue weighted by Gasteiger charge is -2.34. The summed E-state index contributed by atoms with van der Waals surface area (Å²) in [6, 6.07) is 4.17. The highest BCUT2D eigenvalue weighted by molar-refractivity contribution is 7.94. The first kappa shape index (κ1) is 21.7. The summed E-state index contributed by atoms with van der Waals surface area (Å²) in [6.45, 7) is 9.81. The third kappa shape index (κ3) is 4.16.